The van der Waals surface area contributed by atoms with Crippen molar-refractivity contribution >= 4 is 33.5 Å². The first-order valence-corrected chi connectivity index (χ1v) is 6.58. The van der Waals surface area contributed by atoms with Gasteiger partial charge in [0.25, 0.3) is 5.91 Å². The zero-order valence-electron chi connectivity index (χ0n) is 10.4. The van der Waals surface area contributed by atoms with Crippen molar-refractivity contribution in [1.29, 1.82) is 0 Å². The minimum absolute atomic E-state index is 0.170. The summed E-state index contributed by atoms with van der Waals surface area (Å²) < 4.78 is 5.78. The SMILES string of the molecule is O=C(COC(=O)c1ccccn1)Nc1ccc(Br)cc1. The summed E-state index contributed by atoms with van der Waals surface area (Å²) in [6, 6.07) is 12.0. The van der Waals surface area contributed by atoms with E-state index in [1.807, 2.05) is 0 Å². The van der Waals surface area contributed by atoms with E-state index in [0.717, 1.165) is 4.47 Å². The summed E-state index contributed by atoms with van der Waals surface area (Å²) in [5, 5.41) is 2.62. The van der Waals surface area contributed by atoms with Crippen LogP contribution < -0.4 is 5.32 Å². The molecular formula is C14H11BrN2O3. The van der Waals surface area contributed by atoms with Gasteiger partial charge in [-0.2, -0.15) is 0 Å². The summed E-state index contributed by atoms with van der Waals surface area (Å²) in [6.07, 6.45) is 1.48. The molecule has 1 heterocycles. The van der Waals surface area contributed by atoms with Crippen molar-refractivity contribution in [3.63, 3.8) is 0 Å². The number of rotatable bonds is 4. The molecule has 0 saturated carbocycles. The number of amides is 1. The van der Waals surface area contributed by atoms with Crippen LogP contribution in [0.25, 0.3) is 0 Å². The molecule has 20 heavy (non-hydrogen) atoms. The third-order valence-electron chi connectivity index (χ3n) is 2.34. The number of carbonyl (C=O) groups excluding carboxylic acids is 2. The molecule has 5 nitrogen and oxygen atoms in total. The summed E-state index contributed by atoms with van der Waals surface area (Å²) in [7, 11) is 0. The van der Waals surface area contributed by atoms with E-state index in [1.54, 1.807) is 36.4 Å². The standard InChI is InChI=1S/C14H11BrN2O3/c15-10-4-6-11(7-5-10)17-13(18)9-20-14(19)12-3-1-2-8-16-12/h1-8H,9H2,(H,17,18). The zero-order valence-corrected chi connectivity index (χ0v) is 12.0. The molecule has 1 N–H and O–H groups in total. The lowest BCUT2D eigenvalue weighted by Gasteiger charge is -2.06. The van der Waals surface area contributed by atoms with Gasteiger partial charge in [-0.3, -0.25) is 4.79 Å². The Morgan fingerprint density at radius 3 is 2.55 bits per heavy atom. The van der Waals surface area contributed by atoms with Gasteiger partial charge in [0, 0.05) is 16.4 Å². The fourth-order valence-electron chi connectivity index (χ4n) is 1.42. The zero-order chi connectivity index (χ0) is 14.4. The number of esters is 1. The Kier molecular flexibility index (Phi) is 4.84. The number of carbonyl (C=O) groups is 2. The van der Waals surface area contributed by atoms with E-state index in [0.29, 0.717) is 5.69 Å². The van der Waals surface area contributed by atoms with Gasteiger partial charge in [-0.1, -0.05) is 22.0 Å². The van der Waals surface area contributed by atoms with Crippen LogP contribution in [0.3, 0.4) is 0 Å². The van der Waals surface area contributed by atoms with Crippen LogP contribution in [0.15, 0.2) is 53.1 Å². The molecule has 1 amide bonds. The Balaban J connectivity index is 1.83. The van der Waals surface area contributed by atoms with E-state index < -0.39 is 11.9 Å². The maximum Gasteiger partial charge on any atom is 0.357 e. The van der Waals surface area contributed by atoms with Gasteiger partial charge < -0.3 is 10.1 Å². The average Bonchev–Trinajstić information content (AvgIpc) is 2.48. The molecule has 0 bridgehead atoms. The highest BCUT2D eigenvalue weighted by molar-refractivity contribution is 9.10. The van der Waals surface area contributed by atoms with Crippen LogP contribution in [0.1, 0.15) is 10.5 Å². The van der Waals surface area contributed by atoms with Crippen molar-refractivity contribution < 1.29 is 14.3 Å². The molecule has 1 aromatic carbocycles. The Labute approximate surface area is 124 Å². The predicted octanol–water partition coefficient (Wildman–Crippen LogP) is 2.64. The number of ether oxygens (including phenoxy) is 1. The summed E-state index contributed by atoms with van der Waals surface area (Å²) in [4.78, 5) is 27.0. The summed E-state index contributed by atoms with van der Waals surface area (Å²) in [5.74, 6) is -1.03. The van der Waals surface area contributed by atoms with Gasteiger partial charge in [-0.05, 0) is 36.4 Å². The second-order valence-corrected chi connectivity index (χ2v) is 4.76. The van der Waals surface area contributed by atoms with Crippen LogP contribution >= 0.6 is 15.9 Å². The van der Waals surface area contributed by atoms with Crippen molar-refractivity contribution in [3.8, 4) is 0 Å². The van der Waals surface area contributed by atoms with Gasteiger partial charge in [0.2, 0.25) is 0 Å². The maximum absolute atomic E-state index is 11.6. The van der Waals surface area contributed by atoms with Crippen molar-refractivity contribution in [2.75, 3.05) is 11.9 Å². The Morgan fingerprint density at radius 2 is 1.90 bits per heavy atom. The van der Waals surface area contributed by atoms with Crippen molar-refractivity contribution in [3.05, 3.63) is 58.8 Å². The molecular weight excluding hydrogens is 324 g/mol. The lowest BCUT2D eigenvalue weighted by Crippen LogP contribution is -2.21. The molecule has 0 spiro atoms. The molecule has 102 valence electrons. The number of halogens is 1. The average molecular weight is 335 g/mol. The molecule has 0 saturated heterocycles. The molecule has 0 unspecified atom stereocenters. The van der Waals surface area contributed by atoms with E-state index in [-0.39, 0.29) is 12.3 Å². The number of nitrogens with one attached hydrogen (secondary N) is 1. The van der Waals surface area contributed by atoms with E-state index in [9.17, 15) is 9.59 Å². The molecule has 0 fully saturated rings. The topological polar surface area (TPSA) is 68.3 Å². The number of aromatic nitrogens is 1. The number of nitrogens with zero attached hydrogens (tertiary/aromatic N) is 1. The molecule has 0 atom stereocenters. The normalized spacial score (nSPS) is 9.85. The van der Waals surface area contributed by atoms with Crippen molar-refractivity contribution in [1.82, 2.24) is 4.98 Å². The molecule has 0 aliphatic heterocycles. The van der Waals surface area contributed by atoms with Crippen LogP contribution in [-0.2, 0) is 9.53 Å². The first-order valence-electron chi connectivity index (χ1n) is 5.79. The Morgan fingerprint density at radius 1 is 1.15 bits per heavy atom. The largest absolute Gasteiger partial charge is 0.451 e. The van der Waals surface area contributed by atoms with Gasteiger partial charge in [0.15, 0.2) is 6.61 Å². The minimum atomic E-state index is -0.628. The van der Waals surface area contributed by atoms with E-state index >= 15 is 0 Å². The second-order valence-electron chi connectivity index (χ2n) is 3.85. The van der Waals surface area contributed by atoms with Gasteiger partial charge in [0.05, 0.1) is 0 Å². The van der Waals surface area contributed by atoms with Gasteiger partial charge in [-0.25, -0.2) is 9.78 Å². The molecule has 1 aromatic heterocycles. The Hall–Kier alpha value is -2.21. The number of hydrogen-bond donors (Lipinski definition) is 1. The fourth-order valence-corrected chi connectivity index (χ4v) is 1.68. The summed E-state index contributed by atoms with van der Waals surface area (Å²) in [5.41, 5.74) is 0.802. The van der Waals surface area contributed by atoms with Gasteiger partial charge in [0.1, 0.15) is 5.69 Å². The first kappa shape index (κ1) is 14.2. The smallest absolute Gasteiger partial charge is 0.357 e. The third-order valence-corrected chi connectivity index (χ3v) is 2.87. The number of anilines is 1. The van der Waals surface area contributed by atoms with Crippen LogP contribution in [0.2, 0.25) is 0 Å². The van der Waals surface area contributed by atoms with E-state index in [2.05, 4.69) is 26.2 Å². The molecule has 6 heteroatoms. The molecule has 2 aromatic rings. The fraction of sp³-hybridized carbons (Fsp3) is 0.0714. The van der Waals surface area contributed by atoms with Crippen LogP contribution in [0.5, 0.6) is 0 Å². The summed E-state index contributed by atoms with van der Waals surface area (Å²) >= 11 is 3.30. The Bertz CT molecular complexity index is 600. The highest BCUT2D eigenvalue weighted by atomic mass is 79.9. The lowest BCUT2D eigenvalue weighted by molar-refractivity contribution is -0.119. The van der Waals surface area contributed by atoms with Crippen LogP contribution in [-0.4, -0.2) is 23.5 Å². The van der Waals surface area contributed by atoms with E-state index in [1.165, 1.54) is 12.3 Å². The van der Waals surface area contributed by atoms with Crippen molar-refractivity contribution in [2.24, 2.45) is 0 Å². The van der Waals surface area contributed by atoms with Crippen LogP contribution in [0.4, 0.5) is 5.69 Å². The third kappa shape index (κ3) is 4.17. The highest BCUT2D eigenvalue weighted by Gasteiger charge is 2.10. The summed E-state index contributed by atoms with van der Waals surface area (Å²) in [6.45, 7) is -0.356. The predicted molar refractivity (Wildman–Crippen MR) is 77.3 cm³/mol. The minimum Gasteiger partial charge on any atom is -0.451 e. The lowest BCUT2D eigenvalue weighted by atomic mass is 10.3. The number of benzene rings is 1. The first-order chi connectivity index (χ1) is 9.65. The molecule has 0 radical (unpaired) electrons. The quantitative estimate of drug-likeness (QED) is 0.872. The van der Waals surface area contributed by atoms with Crippen LogP contribution in [0, 0.1) is 0 Å². The highest BCUT2D eigenvalue weighted by Crippen LogP contribution is 2.13. The second kappa shape index (κ2) is 6.81. The van der Waals surface area contributed by atoms with Gasteiger partial charge >= 0.3 is 5.97 Å². The van der Waals surface area contributed by atoms with E-state index in [4.69, 9.17) is 4.74 Å². The maximum atomic E-state index is 11.6. The molecule has 0 aliphatic carbocycles. The monoisotopic (exact) mass is 334 g/mol. The number of hydrogen-bond acceptors (Lipinski definition) is 4. The van der Waals surface area contributed by atoms with Crippen molar-refractivity contribution in [2.45, 2.75) is 0 Å². The molecule has 0 aliphatic rings. The van der Waals surface area contributed by atoms with Gasteiger partial charge in [-0.15, -0.1) is 0 Å². The number of pyridine rings is 1. The molecule has 2 rings (SSSR count).